The molecule has 0 aromatic rings. The van der Waals surface area contributed by atoms with Crippen molar-refractivity contribution in [3.8, 4) is 0 Å². The quantitative estimate of drug-likeness (QED) is 0.659. The van der Waals surface area contributed by atoms with E-state index in [-0.39, 0.29) is 29.5 Å². The normalized spacial score (nSPS) is 51.7. The van der Waals surface area contributed by atoms with Crippen LogP contribution in [0.3, 0.4) is 0 Å². The van der Waals surface area contributed by atoms with Crippen molar-refractivity contribution in [2.45, 2.75) is 97.2 Å². The van der Waals surface area contributed by atoms with E-state index in [9.17, 15) is 15.0 Å². The van der Waals surface area contributed by atoms with E-state index in [2.05, 4.69) is 20.8 Å². The van der Waals surface area contributed by atoms with Crippen LogP contribution in [-0.4, -0.2) is 33.5 Å². The van der Waals surface area contributed by atoms with Crippen LogP contribution in [0.1, 0.15) is 85.0 Å². The summed E-state index contributed by atoms with van der Waals surface area (Å²) in [6.07, 6.45) is 9.26. The minimum atomic E-state index is -0.707. The van der Waals surface area contributed by atoms with Crippen LogP contribution in [0.5, 0.6) is 0 Å². The van der Waals surface area contributed by atoms with E-state index in [1.807, 2.05) is 0 Å². The second kappa shape index (κ2) is 7.27. The molecule has 4 aliphatic rings. The first-order valence-corrected chi connectivity index (χ1v) is 11.8. The Morgan fingerprint density at radius 2 is 1.79 bits per heavy atom. The summed E-state index contributed by atoms with van der Waals surface area (Å²) < 4.78 is 0. The van der Waals surface area contributed by atoms with Crippen LogP contribution in [0.4, 0.5) is 0 Å². The molecule has 4 saturated carbocycles. The van der Waals surface area contributed by atoms with Crippen molar-refractivity contribution >= 4 is 5.97 Å². The van der Waals surface area contributed by atoms with Gasteiger partial charge in [0.25, 0.3) is 0 Å². The van der Waals surface area contributed by atoms with Gasteiger partial charge in [0.05, 0.1) is 12.2 Å². The number of hydrogen-bond donors (Lipinski definition) is 3. The number of aliphatic hydroxyl groups is 2. The highest BCUT2D eigenvalue weighted by atomic mass is 16.4. The zero-order valence-corrected chi connectivity index (χ0v) is 17.9. The Labute approximate surface area is 170 Å². The summed E-state index contributed by atoms with van der Waals surface area (Å²) in [6, 6.07) is 0. The lowest BCUT2D eigenvalue weighted by atomic mass is 9.43. The molecule has 10 atom stereocenters. The van der Waals surface area contributed by atoms with Crippen LogP contribution >= 0.6 is 0 Å². The molecular formula is C24H40O4. The first-order valence-electron chi connectivity index (χ1n) is 11.8. The van der Waals surface area contributed by atoms with Crippen LogP contribution in [0.15, 0.2) is 0 Å². The molecule has 4 rings (SSSR count). The first kappa shape index (κ1) is 20.7. The van der Waals surface area contributed by atoms with Gasteiger partial charge >= 0.3 is 5.97 Å². The van der Waals surface area contributed by atoms with Gasteiger partial charge in [0.1, 0.15) is 0 Å². The zero-order valence-electron chi connectivity index (χ0n) is 17.9. The van der Waals surface area contributed by atoms with Gasteiger partial charge in [-0.1, -0.05) is 20.8 Å². The molecule has 0 saturated heterocycles. The third-order valence-electron chi connectivity index (χ3n) is 10.3. The number of rotatable bonds is 4. The van der Waals surface area contributed by atoms with Gasteiger partial charge in [-0.3, -0.25) is 4.79 Å². The number of fused-ring (bicyclic) bond motifs is 5. The van der Waals surface area contributed by atoms with Gasteiger partial charge in [0.2, 0.25) is 0 Å². The highest BCUT2D eigenvalue weighted by Gasteiger charge is 2.63. The lowest BCUT2D eigenvalue weighted by Crippen LogP contribution is -2.58. The molecule has 0 aliphatic heterocycles. The van der Waals surface area contributed by atoms with E-state index in [0.29, 0.717) is 35.5 Å². The van der Waals surface area contributed by atoms with Gasteiger partial charge in [-0.2, -0.15) is 0 Å². The summed E-state index contributed by atoms with van der Waals surface area (Å²) in [4.78, 5) is 11.1. The molecule has 160 valence electrons. The summed E-state index contributed by atoms with van der Waals surface area (Å²) in [5.41, 5.74) is 0.216. The molecule has 4 fully saturated rings. The fourth-order valence-electron chi connectivity index (χ4n) is 8.71. The Morgan fingerprint density at radius 3 is 2.50 bits per heavy atom. The van der Waals surface area contributed by atoms with E-state index in [0.717, 1.165) is 38.5 Å². The number of carboxylic acid groups (broad SMARTS) is 1. The molecule has 0 spiro atoms. The molecule has 4 heteroatoms. The van der Waals surface area contributed by atoms with E-state index in [1.54, 1.807) is 0 Å². The third kappa shape index (κ3) is 3.05. The number of aliphatic hydroxyl groups excluding tert-OH is 2. The van der Waals surface area contributed by atoms with Crippen molar-refractivity contribution < 1.29 is 20.1 Å². The van der Waals surface area contributed by atoms with Crippen molar-refractivity contribution in [1.82, 2.24) is 0 Å². The topological polar surface area (TPSA) is 77.8 Å². The van der Waals surface area contributed by atoms with Gasteiger partial charge in [0, 0.05) is 6.42 Å². The SMILES string of the molecule is C[C@H](CCC(=O)O)[C@H]1CC[C@H]2[C@@H]3CC[C@H]4C[C@H](O)CC[C@]4(C)[C@H]3C[C@@H](O)[C@]12C. The number of carbonyl (C=O) groups is 1. The molecule has 0 heterocycles. The molecule has 0 aromatic heterocycles. The molecule has 4 nitrogen and oxygen atoms in total. The third-order valence-corrected chi connectivity index (χ3v) is 10.3. The summed E-state index contributed by atoms with van der Waals surface area (Å²) >= 11 is 0. The molecule has 0 aromatic carbocycles. The van der Waals surface area contributed by atoms with E-state index in [1.165, 1.54) is 19.3 Å². The average molecular weight is 393 g/mol. The maximum absolute atomic E-state index is 11.5. The fourth-order valence-corrected chi connectivity index (χ4v) is 8.71. The summed E-state index contributed by atoms with van der Waals surface area (Å²) in [7, 11) is 0. The van der Waals surface area contributed by atoms with Gasteiger partial charge in [0.15, 0.2) is 0 Å². The van der Waals surface area contributed by atoms with Crippen LogP contribution in [0.25, 0.3) is 0 Å². The smallest absolute Gasteiger partial charge is 0.303 e. The van der Waals surface area contributed by atoms with Gasteiger partial charge in [-0.15, -0.1) is 0 Å². The Kier molecular flexibility index (Phi) is 5.36. The molecule has 0 radical (unpaired) electrons. The Morgan fingerprint density at radius 1 is 1.04 bits per heavy atom. The monoisotopic (exact) mass is 392 g/mol. The Bertz CT molecular complexity index is 605. The van der Waals surface area contributed by atoms with Crippen LogP contribution in [0, 0.1) is 46.3 Å². The largest absolute Gasteiger partial charge is 0.481 e. The molecule has 28 heavy (non-hydrogen) atoms. The van der Waals surface area contributed by atoms with Crippen molar-refractivity contribution in [2.75, 3.05) is 0 Å². The van der Waals surface area contributed by atoms with Crippen molar-refractivity contribution in [3.05, 3.63) is 0 Å². The molecule has 0 bridgehead atoms. The minimum Gasteiger partial charge on any atom is -0.481 e. The highest BCUT2D eigenvalue weighted by molar-refractivity contribution is 5.66. The van der Waals surface area contributed by atoms with Gasteiger partial charge in [-0.25, -0.2) is 0 Å². The van der Waals surface area contributed by atoms with Crippen molar-refractivity contribution in [1.29, 1.82) is 0 Å². The first-order chi connectivity index (χ1) is 13.2. The molecule has 0 amide bonds. The maximum Gasteiger partial charge on any atom is 0.303 e. The Hall–Kier alpha value is -0.610. The summed E-state index contributed by atoms with van der Waals surface area (Å²) in [6.45, 7) is 6.99. The van der Waals surface area contributed by atoms with E-state index < -0.39 is 5.97 Å². The number of aliphatic carboxylic acids is 1. The highest BCUT2D eigenvalue weighted by Crippen LogP contribution is 2.68. The van der Waals surface area contributed by atoms with E-state index in [4.69, 9.17) is 5.11 Å². The number of hydrogen-bond acceptors (Lipinski definition) is 3. The van der Waals surface area contributed by atoms with Crippen LogP contribution in [-0.2, 0) is 4.79 Å². The van der Waals surface area contributed by atoms with Crippen LogP contribution < -0.4 is 0 Å². The lowest BCUT2D eigenvalue weighted by molar-refractivity contribution is -0.175. The average Bonchev–Trinajstić information content (AvgIpc) is 3.00. The number of carboxylic acids is 1. The Balaban J connectivity index is 1.56. The maximum atomic E-state index is 11.5. The zero-order chi connectivity index (χ0) is 20.3. The second-order valence-electron chi connectivity index (χ2n) is 11.3. The van der Waals surface area contributed by atoms with Crippen molar-refractivity contribution in [2.24, 2.45) is 46.3 Å². The fraction of sp³-hybridized carbons (Fsp3) is 0.958. The van der Waals surface area contributed by atoms with Crippen molar-refractivity contribution in [3.63, 3.8) is 0 Å². The predicted molar refractivity (Wildman–Crippen MR) is 109 cm³/mol. The van der Waals surface area contributed by atoms with Crippen LogP contribution in [0.2, 0.25) is 0 Å². The predicted octanol–water partition coefficient (Wildman–Crippen LogP) is 4.48. The van der Waals surface area contributed by atoms with Gasteiger partial charge < -0.3 is 15.3 Å². The minimum absolute atomic E-state index is 0.0591. The summed E-state index contributed by atoms with van der Waals surface area (Å²) in [5.74, 6) is 2.55. The molecule has 3 N–H and O–H groups in total. The second-order valence-corrected chi connectivity index (χ2v) is 11.3. The molecule has 4 aliphatic carbocycles. The molecular weight excluding hydrogens is 352 g/mol. The molecule has 0 unspecified atom stereocenters. The standard InChI is InChI=1S/C24H40O4/c1-14(4-9-22(27)28)18-7-8-19-17-6-5-15-12-16(25)10-11-23(15,2)20(17)13-21(26)24(18,19)3/h14-21,25-26H,4-13H2,1-3H3,(H,27,28)/t14-,15+,16-,17+,18-,19+,20+,21-,23+,24-/m1/s1. The van der Waals surface area contributed by atoms with E-state index >= 15 is 0 Å². The summed E-state index contributed by atoms with van der Waals surface area (Å²) in [5, 5.41) is 30.8. The lowest BCUT2D eigenvalue weighted by Gasteiger charge is -2.62. The van der Waals surface area contributed by atoms with Gasteiger partial charge in [-0.05, 0) is 104 Å².